The highest BCUT2D eigenvalue weighted by Gasteiger charge is 2.36. The molecule has 1 aromatic carbocycles. The molecule has 150 valence electrons. The second kappa shape index (κ2) is 12.8. The van der Waals surface area contributed by atoms with Gasteiger partial charge in [-0.15, -0.1) is 0 Å². The summed E-state index contributed by atoms with van der Waals surface area (Å²) >= 11 is 26.9. The van der Waals surface area contributed by atoms with Crippen molar-refractivity contribution in [2.45, 2.75) is 99.6 Å². The second-order valence-corrected chi connectivity index (χ2v) is 10.3. The highest BCUT2D eigenvalue weighted by molar-refractivity contribution is 6.50. The summed E-state index contributed by atoms with van der Waals surface area (Å²) in [4.78, 5) is 0. The van der Waals surface area contributed by atoms with Crippen molar-refractivity contribution in [3.05, 3.63) is 35.4 Å². The Morgan fingerprint density at radius 3 is 1.27 bits per heavy atom. The highest BCUT2D eigenvalue weighted by Crippen LogP contribution is 2.48. The molecule has 0 N–H and O–H groups in total. The van der Waals surface area contributed by atoms with Crippen LogP contribution in [0.5, 0.6) is 0 Å². The predicted octanol–water partition coefficient (Wildman–Crippen LogP) is 9.67. The largest absolute Gasteiger partial charge is 0.143 e. The number of rotatable bonds is 14. The maximum atomic E-state index is 6.74. The van der Waals surface area contributed by atoms with Gasteiger partial charge in [0.05, 0.1) is 0 Å². The fourth-order valence-corrected chi connectivity index (χ4v) is 4.49. The van der Waals surface area contributed by atoms with E-state index in [2.05, 4.69) is 13.8 Å². The predicted molar refractivity (Wildman–Crippen MR) is 120 cm³/mol. The Hall–Kier alpha value is 0.380. The van der Waals surface area contributed by atoms with Gasteiger partial charge < -0.3 is 0 Å². The lowest BCUT2D eigenvalue weighted by atomic mass is 9.95. The summed E-state index contributed by atoms with van der Waals surface area (Å²) in [6.45, 7) is 4.43. The summed E-state index contributed by atoms with van der Waals surface area (Å²) in [5.41, 5.74) is 1.72. The van der Waals surface area contributed by atoms with Gasteiger partial charge >= 0.3 is 0 Å². The topological polar surface area (TPSA) is 0 Å². The lowest BCUT2D eigenvalue weighted by Gasteiger charge is -2.29. The van der Waals surface area contributed by atoms with Gasteiger partial charge in [-0.25, -0.2) is 0 Å². The Bertz CT molecular complexity index is 452. The highest BCUT2D eigenvalue weighted by atomic mass is 35.5. The van der Waals surface area contributed by atoms with Crippen LogP contribution in [0, 0.1) is 0 Å². The molecule has 0 amide bonds. The van der Waals surface area contributed by atoms with Crippen molar-refractivity contribution in [1.29, 1.82) is 0 Å². The van der Waals surface area contributed by atoms with Crippen molar-refractivity contribution < 1.29 is 0 Å². The van der Waals surface area contributed by atoms with Gasteiger partial charge in [-0.2, -0.15) is 0 Å². The molecule has 0 spiro atoms. The molecule has 0 radical (unpaired) electrons. The Labute approximate surface area is 180 Å². The summed E-state index contributed by atoms with van der Waals surface area (Å²) in [7, 11) is 0. The Morgan fingerprint density at radius 2 is 0.923 bits per heavy atom. The second-order valence-electron chi connectivity index (χ2n) is 7.28. The minimum absolute atomic E-state index is 0.719. The Morgan fingerprint density at radius 1 is 0.577 bits per heavy atom. The van der Waals surface area contributed by atoms with Crippen LogP contribution in [-0.2, 0) is 8.67 Å². The van der Waals surface area contributed by atoms with Crippen LogP contribution < -0.4 is 0 Å². The molecular weight excluding hydrogens is 406 g/mol. The first kappa shape index (κ1) is 24.4. The summed E-state index contributed by atoms with van der Waals surface area (Å²) in [5, 5.41) is 0. The summed E-state index contributed by atoms with van der Waals surface area (Å²) in [6, 6.07) is 7.86. The van der Waals surface area contributed by atoms with Crippen molar-refractivity contribution in [1.82, 2.24) is 0 Å². The van der Waals surface area contributed by atoms with Crippen LogP contribution >= 0.6 is 46.4 Å². The molecule has 0 heterocycles. The first-order chi connectivity index (χ1) is 12.3. The van der Waals surface area contributed by atoms with Gasteiger partial charge in [0.15, 0.2) is 0 Å². The van der Waals surface area contributed by atoms with Gasteiger partial charge in [0, 0.05) is 0 Å². The zero-order chi connectivity index (χ0) is 19.5. The normalized spacial score (nSPS) is 12.5. The molecule has 1 rings (SSSR count). The van der Waals surface area contributed by atoms with Crippen molar-refractivity contribution in [2.75, 3.05) is 0 Å². The summed E-state index contributed by atoms with van der Waals surface area (Å²) in [6.07, 6.45) is 13.2. The van der Waals surface area contributed by atoms with Crippen LogP contribution in [-0.4, -0.2) is 0 Å². The average molecular weight is 440 g/mol. The zero-order valence-electron chi connectivity index (χ0n) is 16.3. The molecule has 0 saturated heterocycles. The number of hydrogen-bond donors (Lipinski definition) is 0. The molecule has 0 aliphatic rings. The molecule has 0 atom stereocenters. The van der Waals surface area contributed by atoms with E-state index in [0.717, 1.165) is 49.7 Å². The smallest absolute Gasteiger partial charge is 0.0963 e. The average Bonchev–Trinajstić information content (AvgIpc) is 2.61. The van der Waals surface area contributed by atoms with Crippen LogP contribution in [0.1, 0.15) is 102 Å². The number of unbranched alkanes of at least 4 members (excludes halogenated alkanes) is 8. The van der Waals surface area contributed by atoms with E-state index in [1.54, 1.807) is 0 Å². The Kier molecular flexibility index (Phi) is 12.0. The van der Waals surface area contributed by atoms with E-state index in [9.17, 15) is 0 Å². The SMILES string of the molecule is CCCCCCCC(Cl)(Cl)c1ccccc1C(Cl)(Cl)CCCCCCC. The third-order valence-corrected chi connectivity index (χ3v) is 6.47. The lowest BCUT2D eigenvalue weighted by Crippen LogP contribution is -2.20. The summed E-state index contributed by atoms with van der Waals surface area (Å²) in [5.74, 6) is 0. The maximum Gasteiger partial charge on any atom is 0.143 e. The van der Waals surface area contributed by atoms with Gasteiger partial charge in [0.25, 0.3) is 0 Å². The molecule has 26 heavy (non-hydrogen) atoms. The van der Waals surface area contributed by atoms with Crippen LogP contribution in [0.4, 0.5) is 0 Å². The van der Waals surface area contributed by atoms with Crippen molar-refractivity contribution in [2.24, 2.45) is 0 Å². The van der Waals surface area contributed by atoms with Gasteiger partial charge in [0.1, 0.15) is 8.67 Å². The quantitative estimate of drug-likeness (QED) is 0.200. The number of hydrogen-bond acceptors (Lipinski definition) is 0. The van der Waals surface area contributed by atoms with Crippen molar-refractivity contribution in [3.8, 4) is 0 Å². The van der Waals surface area contributed by atoms with Gasteiger partial charge in [-0.3, -0.25) is 0 Å². The molecule has 0 fully saturated rings. The van der Waals surface area contributed by atoms with Crippen molar-refractivity contribution in [3.63, 3.8) is 0 Å². The molecule has 0 aromatic heterocycles. The van der Waals surface area contributed by atoms with E-state index in [0.29, 0.717) is 0 Å². The van der Waals surface area contributed by atoms with Gasteiger partial charge in [0.2, 0.25) is 0 Å². The minimum Gasteiger partial charge on any atom is -0.0963 e. The van der Waals surface area contributed by atoms with Crippen LogP contribution in [0.3, 0.4) is 0 Å². The first-order valence-corrected chi connectivity index (χ1v) is 11.7. The number of benzene rings is 1. The molecule has 0 saturated carbocycles. The van der Waals surface area contributed by atoms with Crippen LogP contribution in [0.15, 0.2) is 24.3 Å². The van der Waals surface area contributed by atoms with E-state index in [4.69, 9.17) is 46.4 Å². The number of alkyl halides is 4. The molecule has 4 heteroatoms. The van der Waals surface area contributed by atoms with Crippen LogP contribution in [0.2, 0.25) is 0 Å². The van der Waals surface area contributed by atoms with E-state index in [-0.39, 0.29) is 0 Å². The first-order valence-electron chi connectivity index (χ1n) is 10.2. The molecule has 0 aliphatic carbocycles. The molecule has 0 aliphatic heterocycles. The van der Waals surface area contributed by atoms with Crippen LogP contribution in [0.25, 0.3) is 0 Å². The Balaban J connectivity index is 2.74. The lowest BCUT2D eigenvalue weighted by molar-refractivity contribution is 0.568. The van der Waals surface area contributed by atoms with Gasteiger partial charge in [-0.1, -0.05) is 149 Å². The molecule has 0 bridgehead atoms. The third kappa shape index (κ3) is 8.59. The third-order valence-electron chi connectivity index (χ3n) is 4.90. The maximum absolute atomic E-state index is 6.74. The minimum atomic E-state index is -0.944. The standard InChI is InChI=1S/C22H34Cl4/c1-3-5-7-9-13-17-21(23,24)19-15-11-12-16-20(19)22(25,26)18-14-10-8-6-4-2/h11-12,15-16H,3-10,13-14,17-18H2,1-2H3. The molecule has 0 nitrogen and oxygen atoms in total. The fourth-order valence-electron chi connectivity index (χ4n) is 3.29. The van der Waals surface area contributed by atoms with E-state index in [1.165, 1.54) is 38.5 Å². The van der Waals surface area contributed by atoms with E-state index < -0.39 is 8.67 Å². The van der Waals surface area contributed by atoms with Crippen molar-refractivity contribution >= 4 is 46.4 Å². The molecular formula is C22H34Cl4. The van der Waals surface area contributed by atoms with Gasteiger partial charge in [-0.05, 0) is 24.0 Å². The molecule has 1 aromatic rings. The number of halogens is 4. The van der Waals surface area contributed by atoms with E-state index >= 15 is 0 Å². The van der Waals surface area contributed by atoms with E-state index in [1.807, 2.05) is 24.3 Å². The monoisotopic (exact) mass is 438 g/mol. The molecule has 0 unspecified atom stereocenters. The fraction of sp³-hybridized carbons (Fsp3) is 0.727. The summed E-state index contributed by atoms with van der Waals surface area (Å²) < 4.78 is -1.89. The zero-order valence-corrected chi connectivity index (χ0v) is 19.3.